The predicted molar refractivity (Wildman–Crippen MR) is 237 cm³/mol. The van der Waals surface area contributed by atoms with Crippen LogP contribution in [0.15, 0.2) is 0 Å². The number of nitrogens with zero attached hydrogens (tertiary/aromatic N) is 3. The smallest absolute Gasteiger partial charge is 0.317 e. The average Bonchev–Trinajstić information content (AvgIpc) is 3.40. The van der Waals surface area contributed by atoms with Crippen LogP contribution in [0, 0.1) is 0 Å². The number of primary amides is 1. The van der Waals surface area contributed by atoms with E-state index in [1.54, 1.807) is 0 Å². The van der Waals surface area contributed by atoms with Crippen LogP contribution in [-0.4, -0.2) is 228 Å². The SMILES string of the molecule is NC(=O)[C@@H](N)CCCCNC(=O)COCCOCCNC(=O)COCCOCCNCOCCCC(=O)NCCC1(N(CC=O)CC(=O)O)CN(CC=O)C2CCCC[C@@H]2N(CC(=O)O)C1. The van der Waals surface area contributed by atoms with Crippen molar-refractivity contribution in [2.75, 3.05) is 132 Å². The maximum atomic E-state index is 12.8. The first-order chi connectivity index (χ1) is 31.8. The van der Waals surface area contributed by atoms with Gasteiger partial charge in [0.05, 0.1) is 78.6 Å². The second-order valence-corrected chi connectivity index (χ2v) is 16.3. The Morgan fingerprint density at radius 2 is 1.30 bits per heavy atom. The fraction of sp³-hybridized carbons (Fsp3) is 0.810. The zero-order valence-corrected chi connectivity index (χ0v) is 38.3. The van der Waals surface area contributed by atoms with Crippen molar-refractivity contribution < 1.29 is 72.3 Å². The normalized spacial score (nSPS) is 19.3. The maximum Gasteiger partial charge on any atom is 0.317 e. The molecule has 1 saturated heterocycles. The van der Waals surface area contributed by atoms with E-state index in [9.17, 15) is 48.6 Å². The molecule has 2 rings (SSSR count). The lowest BCUT2D eigenvalue weighted by molar-refractivity contribution is -0.143. The highest BCUT2D eigenvalue weighted by atomic mass is 16.5. The molecule has 24 heteroatoms. The summed E-state index contributed by atoms with van der Waals surface area (Å²) in [5, 5.41) is 31.0. The lowest BCUT2D eigenvalue weighted by Crippen LogP contribution is -2.62. The first-order valence-electron chi connectivity index (χ1n) is 22.8. The van der Waals surface area contributed by atoms with Gasteiger partial charge < -0.3 is 70.9 Å². The number of hydrogen-bond acceptors (Lipinski definition) is 18. The second kappa shape index (κ2) is 35.0. The summed E-state index contributed by atoms with van der Waals surface area (Å²) in [7, 11) is 0. The van der Waals surface area contributed by atoms with E-state index in [4.69, 9.17) is 35.2 Å². The lowest BCUT2D eigenvalue weighted by Gasteiger charge is -2.45. The number of ether oxygens (including phenoxy) is 5. The van der Waals surface area contributed by atoms with Gasteiger partial charge in [0, 0.05) is 69.9 Å². The van der Waals surface area contributed by atoms with Gasteiger partial charge in [0.15, 0.2) is 0 Å². The maximum absolute atomic E-state index is 12.8. The number of unbranched alkanes of at least 4 members (excludes halogenated alkanes) is 1. The van der Waals surface area contributed by atoms with Crippen molar-refractivity contribution in [3.8, 4) is 0 Å². The van der Waals surface area contributed by atoms with E-state index in [0.29, 0.717) is 58.3 Å². The Morgan fingerprint density at radius 1 is 0.697 bits per heavy atom. The minimum absolute atomic E-state index is 0.0747. The summed E-state index contributed by atoms with van der Waals surface area (Å²) in [5.74, 6) is -3.54. The zero-order chi connectivity index (χ0) is 48.4. The largest absolute Gasteiger partial charge is 0.480 e. The van der Waals surface area contributed by atoms with Crippen molar-refractivity contribution >= 4 is 48.1 Å². The van der Waals surface area contributed by atoms with Crippen LogP contribution in [0.5, 0.6) is 0 Å². The Bertz CT molecular complexity index is 1470. The molecule has 1 saturated carbocycles. The quantitative estimate of drug-likeness (QED) is 0.0169. The number of nitrogens with one attached hydrogen (secondary N) is 4. The Hall–Kier alpha value is -4.24. The minimum atomic E-state index is -1.15. The van der Waals surface area contributed by atoms with E-state index >= 15 is 0 Å². The van der Waals surface area contributed by atoms with Gasteiger partial charge in [-0.1, -0.05) is 12.8 Å². The summed E-state index contributed by atoms with van der Waals surface area (Å²) >= 11 is 0. The molecule has 4 atom stereocenters. The monoisotopic (exact) mass is 946 g/mol. The van der Waals surface area contributed by atoms with Crippen LogP contribution in [0.2, 0.25) is 0 Å². The number of aliphatic carboxylic acids is 2. The number of carbonyl (C=O) groups is 8. The van der Waals surface area contributed by atoms with E-state index in [-0.39, 0.29) is 141 Å². The first kappa shape index (κ1) is 57.9. The molecule has 0 bridgehead atoms. The third kappa shape index (κ3) is 25.0. The highest BCUT2D eigenvalue weighted by Crippen LogP contribution is 2.35. The third-order valence-electron chi connectivity index (χ3n) is 11.2. The topological polar surface area (TPSA) is 333 Å². The van der Waals surface area contributed by atoms with Crippen molar-refractivity contribution in [1.82, 2.24) is 36.0 Å². The summed E-state index contributed by atoms with van der Waals surface area (Å²) in [4.78, 5) is 101. The van der Waals surface area contributed by atoms with Gasteiger partial charge in [-0.05, 0) is 44.9 Å². The first-order valence-corrected chi connectivity index (χ1v) is 22.8. The number of carboxylic acids is 2. The highest BCUT2D eigenvalue weighted by molar-refractivity contribution is 5.79. The Labute approximate surface area is 386 Å². The van der Waals surface area contributed by atoms with Crippen molar-refractivity contribution in [2.24, 2.45) is 11.5 Å². The van der Waals surface area contributed by atoms with Gasteiger partial charge in [-0.2, -0.15) is 0 Å². The lowest BCUT2D eigenvalue weighted by atomic mass is 9.88. The fourth-order valence-corrected chi connectivity index (χ4v) is 8.03. The number of nitrogens with two attached hydrogens (primary N) is 2. The van der Waals surface area contributed by atoms with E-state index in [2.05, 4.69) is 21.3 Å². The number of hydrogen-bond donors (Lipinski definition) is 8. The molecule has 66 heavy (non-hydrogen) atoms. The molecule has 0 spiro atoms. The molecule has 1 aliphatic heterocycles. The summed E-state index contributed by atoms with van der Waals surface area (Å²) in [6.45, 7) is 2.75. The van der Waals surface area contributed by atoms with Gasteiger partial charge in [0.2, 0.25) is 23.6 Å². The van der Waals surface area contributed by atoms with Crippen LogP contribution < -0.4 is 32.7 Å². The van der Waals surface area contributed by atoms with Crippen molar-refractivity contribution in [1.29, 1.82) is 0 Å². The molecule has 2 unspecified atom stereocenters. The molecule has 4 amide bonds. The molecule has 24 nitrogen and oxygen atoms in total. The van der Waals surface area contributed by atoms with Gasteiger partial charge >= 0.3 is 11.9 Å². The standard InChI is InChI=1S/C42H75N9O15/c43-33(41(44)61)6-3-4-11-46-37(55)28-64-25-23-63-21-14-48-38(56)29-65-24-22-62-20-13-45-32-66-19-5-9-36(54)47-12-10-42(51(16-18-53)27-40(59)60)30-49(15-17-52)34-7-1-2-8-35(34)50(31-42)26-39(57)58/h17-18,33-35,45H,1-16,19-32,43H2,(H2,44,61)(H,46,55)(H,47,54)(H,48,56)(H,57,58)(H,59,60)/t33-,34?,35-,42?/m0/s1. The van der Waals surface area contributed by atoms with Crippen LogP contribution in [0.25, 0.3) is 0 Å². The van der Waals surface area contributed by atoms with Gasteiger partial charge in [-0.15, -0.1) is 0 Å². The summed E-state index contributed by atoms with van der Waals surface area (Å²) < 4.78 is 27.0. The molecule has 1 heterocycles. The summed E-state index contributed by atoms with van der Waals surface area (Å²) in [6, 6.07) is -0.952. The summed E-state index contributed by atoms with van der Waals surface area (Å²) in [5.41, 5.74) is 9.60. The Morgan fingerprint density at radius 3 is 1.92 bits per heavy atom. The van der Waals surface area contributed by atoms with E-state index < -0.39 is 36.0 Å². The molecular formula is C42H75N9O15. The molecule has 0 aromatic carbocycles. The number of amides is 4. The molecule has 0 radical (unpaired) electrons. The molecule has 2 aliphatic rings. The number of rotatable bonds is 40. The number of carbonyl (C=O) groups excluding carboxylic acids is 6. The Balaban J connectivity index is 1.54. The van der Waals surface area contributed by atoms with E-state index in [0.717, 1.165) is 32.0 Å². The van der Waals surface area contributed by atoms with Gasteiger partial charge in [0.1, 0.15) is 25.8 Å². The minimum Gasteiger partial charge on any atom is -0.480 e. The van der Waals surface area contributed by atoms with Crippen LogP contribution in [0.3, 0.4) is 0 Å². The number of fused-ring (bicyclic) bond motifs is 1. The van der Waals surface area contributed by atoms with E-state index in [1.807, 2.05) is 9.80 Å². The molecular weight excluding hydrogens is 871 g/mol. The number of aldehydes is 2. The second-order valence-electron chi connectivity index (χ2n) is 16.3. The fourth-order valence-electron chi connectivity index (χ4n) is 8.03. The van der Waals surface area contributed by atoms with Crippen LogP contribution >= 0.6 is 0 Å². The van der Waals surface area contributed by atoms with Gasteiger partial charge in [-0.3, -0.25) is 48.8 Å². The van der Waals surface area contributed by atoms with Crippen LogP contribution in [0.1, 0.15) is 64.2 Å². The van der Waals surface area contributed by atoms with Crippen molar-refractivity contribution in [2.45, 2.75) is 87.9 Å². The molecule has 0 aromatic rings. The van der Waals surface area contributed by atoms with Crippen LogP contribution in [0.4, 0.5) is 0 Å². The molecule has 0 aromatic heterocycles. The van der Waals surface area contributed by atoms with E-state index in [1.165, 1.54) is 4.90 Å². The van der Waals surface area contributed by atoms with Gasteiger partial charge in [0.25, 0.3) is 0 Å². The average molecular weight is 946 g/mol. The Kier molecular flexibility index (Phi) is 30.7. The molecule has 378 valence electrons. The number of carboxylic acid groups (broad SMARTS) is 2. The van der Waals surface area contributed by atoms with Crippen molar-refractivity contribution in [3.05, 3.63) is 0 Å². The summed E-state index contributed by atoms with van der Waals surface area (Å²) in [6.07, 6.45) is 7.33. The molecule has 10 N–H and O–H groups in total. The zero-order valence-electron chi connectivity index (χ0n) is 38.3. The predicted octanol–water partition coefficient (Wildman–Crippen LogP) is -3.35. The van der Waals surface area contributed by atoms with Gasteiger partial charge in [-0.25, -0.2) is 0 Å². The highest BCUT2D eigenvalue weighted by Gasteiger charge is 2.48. The van der Waals surface area contributed by atoms with Crippen LogP contribution in [-0.2, 0) is 62.0 Å². The molecule has 1 aliphatic carbocycles. The van der Waals surface area contributed by atoms with Crippen molar-refractivity contribution in [3.63, 3.8) is 0 Å². The third-order valence-corrected chi connectivity index (χ3v) is 11.2. The molecule has 2 fully saturated rings.